The summed E-state index contributed by atoms with van der Waals surface area (Å²) in [5.74, 6) is 0.198. The van der Waals surface area contributed by atoms with Crippen molar-refractivity contribution in [2.24, 2.45) is 0 Å². The Kier molecular flexibility index (Phi) is 2.46. The van der Waals surface area contributed by atoms with Crippen LogP contribution >= 0.6 is 0 Å². The summed E-state index contributed by atoms with van der Waals surface area (Å²) < 4.78 is 43.0. The van der Waals surface area contributed by atoms with Gasteiger partial charge in [0.15, 0.2) is 0 Å². The average molecular weight is 227 g/mol. The van der Waals surface area contributed by atoms with Crippen LogP contribution in [0.5, 0.6) is 5.88 Å². The summed E-state index contributed by atoms with van der Waals surface area (Å²) in [5, 5.41) is 0.460. The second-order valence-corrected chi connectivity index (χ2v) is 3.22. The van der Waals surface area contributed by atoms with Crippen LogP contribution in [0.3, 0.4) is 0 Å². The van der Waals surface area contributed by atoms with Gasteiger partial charge in [0.25, 0.3) is 0 Å². The Morgan fingerprint density at radius 2 is 1.88 bits per heavy atom. The highest BCUT2D eigenvalue weighted by Gasteiger charge is 2.32. The summed E-state index contributed by atoms with van der Waals surface area (Å²) in [7, 11) is 1.38. The van der Waals surface area contributed by atoms with Gasteiger partial charge >= 0.3 is 6.18 Å². The molecule has 0 N–H and O–H groups in total. The molecule has 0 bridgehead atoms. The zero-order chi connectivity index (χ0) is 11.8. The zero-order valence-electron chi connectivity index (χ0n) is 8.38. The van der Waals surface area contributed by atoms with Crippen LogP contribution in [0, 0.1) is 0 Å². The first-order valence-electron chi connectivity index (χ1n) is 4.53. The molecule has 1 aromatic heterocycles. The van der Waals surface area contributed by atoms with Crippen molar-refractivity contribution in [1.29, 1.82) is 0 Å². The number of benzene rings is 1. The van der Waals surface area contributed by atoms with E-state index in [1.165, 1.54) is 25.4 Å². The lowest BCUT2D eigenvalue weighted by Gasteiger charge is -2.11. The van der Waals surface area contributed by atoms with Crippen LogP contribution < -0.4 is 4.74 Å². The highest BCUT2D eigenvalue weighted by molar-refractivity contribution is 5.89. The summed E-state index contributed by atoms with van der Waals surface area (Å²) in [6.45, 7) is 0. The topological polar surface area (TPSA) is 22.1 Å². The smallest absolute Gasteiger partial charge is 0.417 e. The van der Waals surface area contributed by atoms with Gasteiger partial charge in [-0.1, -0.05) is 6.07 Å². The van der Waals surface area contributed by atoms with Crippen LogP contribution in [0.1, 0.15) is 5.56 Å². The second kappa shape index (κ2) is 3.66. The largest absolute Gasteiger partial charge is 0.481 e. The van der Waals surface area contributed by atoms with Crippen LogP contribution in [-0.4, -0.2) is 12.1 Å². The predicted molar refractivity (Wildman–Crippen MR) is 53.3 cm³/mol. The third kappa shape index (κ3) is 1.68. The van der Waals surface area contributed by atoms with Crippen molar-refractivity contribution >= 4 is 10.8 Å². The molecule has 0 radical (unpaired) electrons. The molecule has 0 aliphatic heterocycles. The normalized spacial score (nSPS) is 11.8. The molecule has 0 spiro atoms. The summed E-state index contributed by atoms with van der Waals surface area (Å²) >= 11 is 0. The fraction of sp³-hybridized carbons (Fsp3) is 0.182. The van der Waals surface area contributed by atoms with E-state index in [2.05, 4.69) is 4.98 Å². The minimum atomic E-state index is -4.37. The van der Waals surface area contributed by atoms with Crippen LogP contribution in [-0.2, 0) is 6.18 Å². The van der Waals surface area contributed by atoms with Gasteiger partial charge in [-0.15, -0.1) is 0 Å². The Bertz CT molecular complexity index is 522. The van der Waals surface area contributed by atoms with Gasteiger partial charge in [0.1, 0.15) is 0 Å². The first-order chi connectivity index (χ1) is 7.54. The third-order valence-corrected chi connectivity index (χ3v) is 2.27. The summed E-state index contributed by atoms with van der Waals surface area (Å²) in [4.78, 5) is 3.86. The molecule has 84 valence electrons. The molecule has 0 aliphatic carbocycles. The van der Waals surface area contributed by atoms with Crippen molar-refractivity contribution in [2.45, 2.75) is 6.18 Å². The molecule has 5 heteroatoms. The van der Waals surface area contributed by atoms with Crippen LogP contribution in [0.25, 0.3) is 10.8 Å². The van der Waals surface area contributed by atoms with E-state index in [-0.39, 0.29) is 11.3 Å². The maximum Gasteiger partial charge on any atom is 0.417 e. The predicted octanol–water partition coefficient (Wildman–Crippen LogP) is 3.26. The number of pyridine rings is 1. The zero-order valence-corrected chi connectivity index (χ0v) is 8.38. The number of ether oxygens (including phenoxy) is 1. The monoisotopic (exact) mass is 227 g/mol. The molecule has 1 aromatic carbocycles. The Morgan fingerprint density at radius 1 is 1.12 bits per heavy atom. The number of hydrogen-bond donors (Lipinski definition) is 0. The van der Waals surface area contributed by atoms with Crippen LogP contribution in [0.15, 0.2) is 30.5 Å². The second-order valence-electron chi connectivity index (χ2n) is 3.22. The highest BCUT2D eigenvalue weighted by atomic mass is 19.4. The molecule has 2 aromatic rings. The van der Waals surface area contributed by atoms with E-state index in [4.69, 9.17) is 4.74 Å². The first-order valence-corrected chi connectivity index (χ1v) is 4.53. The van der Waals surface area contributed by atoms with Gasteiger partial charge in [-0.05, 0) is 18.2 Å². The van der Waals surface area contributed by atoms with Gasteiger partial charge in [0, 0.05) is 17.0 Å². The van der Waals surface area contributed by atoms with Crippen LogP contribution in [0.4, 0.5) is 13.2 Å². The van der Waals surface area contributed by atoms with E-state index in [1.54, 1.807) is 6.07 Å². The number of rotatable bonds is 1. The van der Waals surface area contributed by atoms with Crippen LogP contribution in [0.2, 0.25) is 0 Å². The number of aromatic nitrogens is 1. The molecule has 0 saturated heterocycles. The lowest BCUT2D eigenvalue weighted by molar-refractivity contribution is -0.136. The van der Waals surface area contributed by atoms with Crippen molar-refractivity contribution in [3.63, 3.8) is 0 Å². The Balaban J connectivity index is 2.79. The number of fused-ring (bicyclic) bond motifs is 1. The Hall–Kier alpha value is -1.78. The van der Waals surface area contributed by atoms with Crippen molar-refractivity contribution in [2.75, 3.05) is 7.11 Å². The number of halogens is 3. The van der Waals surface area contributed by atoms with E-state index < -0.39 is 11.7 Å². The fourth-order valence-electron chi connectivity index (χ4n) is 1.59. The minimum absolute atomic E-state index is 0.0989. The molecule has 16 heavy (non-hydrogen) atoms. The van der Waals surface area contributed by atoms with Crippen molar-refractivity contribution in [1.82, 2.24) is 4.98 Å². The lowest BCUT2D eigenvalue weighted by Crippen LogP contribution is -2.05. The standard InChI is InChI=1S/C11H8F3NO/c1-16-10-8-3-2-4-9(11(12,13)14)7(8)5-6-15-10/h2-6H,1H3. The summed E-state index contributed by atoms with van der Waals surface area (Å²) in [6, 6.07) is 5.27. The number of alkyl halides is 3. The van der Waals surface area contributed by atoms with Gasteiger partial charge in [0.2, 0.25) is 5.88 Å². The molecule has 0 aliphatic rings. The van der Waals surface area contributed by atoms with Gasteiger partial charge < -0.3 is 4.74 Å². The van der Waals surface area contributed by atoms with E-state index in [1.807, 2.05) is 0 Å². The average Bonchev–Trinajstić information content (AvgIpc) is 2.26. The minimum Gasteiger partial charge on any atom is -0.481 e. The van der Waals surface area contributed by atoms with Crippen molar-refractivity contribution in [3.05, 3.63) is 36.0 Å². The first kappa shape index (κ1) is 10.7. The number of methoxy groups -OCH3 is 1. The lowest BCUT2D eigenvalue weighted by atomic mass is 10.1. The molecule has 0 unspecified atom stereocenters. The van der Waals surface area contributed by atoms with Gasteiger partial charge in [-0.25, -0.2) is 4.98 Å². The van der Waals surface area contributed by atoms with Crippen molar-refractivity contribution < 1.29 is 17.9 Å². The van der Waals surface area contributed by atoms with E-state index >= 15 is 0 Å². The third-order valence-electron chi connectivity index (χ3n) is 2.27. The molecular weight excluding hydrogens is 219 g/mol. The maximum atomic E-state index is 12.7. The Labute approximate surface area is 89.7 Å². The quantitative estimate of drug-likeness (QED) is 0.745. The highest BCUT2D eigenvalue weighted by Crippen LogP contribution is 2.36. The summed E-state index contributed by atoms with van der Waals surface area (Å²) in [5.41, 5.74) is -0.675. The fourth-order valence-corrected chi connectivity index (χ4v) is 1.59. The molecule has 0 saturated carbocycles. The molecule has 1 heterocycles. The van der Waals surface area contributed by atoms with E-state index in [0.29, 0.717) is 5.39 Å². The van der Waals surface area contributed by atoms with Gasteiger partial charge in [-0.2, -0.15) is 13.2 Å². The van der Waals surface area contributed by atoms with E-state index in [0.717, 1.165) is 6.07 Å². The van der Waals surface area contributed by atoms with Gasteiger partial charge in [-0.3, -0.25) is 0 Å². The van der Waals surface area contributed by atoms with Crippen molar-refractivity contribution in [3.8, 4) is 5.88 Å². The molecule has 0 atom stereocenters. The molecule has 0 amide bonds. The van der Waals surface area contributed by atoms with E-state index in [9.17, 15) is 13.2 Å². The summed E-state index contributed by atoms with van der Waals surface area (Å²) in [6.07, 6.45) is -3.07. The molecule has 2 nitrogen and oxygen atoms in total. The number of nitrogens with zero attached hydrogens (tertiary/aromatic N) is 1. The Morgan fingerprint density at radius 3 is 2.50 bits per heavy atom. The maximum absolute atomic E-state index is 12.7. The number of hydrogen-bond acceptors (Lipinski definition) is 2. The SMILES string of the molecule is COc1nccc2c(C(F)(F)F)cccc12. The van der Waals surface area contributed by atoms with Gasteiger partial charge in [0.05, 0.1) is 12.7 Å². The molecular formula is C11H8F3NO. The molecule has 0 fully saturated rings. The molecule has 2 rings (SSSR count).